The van der Waals surface area contributed by atoms with Crippen molar-refractivity contribution in [2.24, 2.45) is 0 Å². The van der Waals surface area contributed by atoms with Crippen LogP contribution in [0.2, 0.25) is 0 Å². The molecule has 1 fully saturated rings. The fraction of sp³-hybridized carbons (Fsp3) is 0.474. The normalized spacial score (nSPS) is 16.7. The molecule has 0 unspecified atom stereocenters. The highest BCUT2D eigenvalue weighted by Crippen LogP contribution is 2.24. The summed E-state index contributed by atoms with van der Waals surface area (Å²) in [5.74, 6) is 0.234. The molecular weight excluding hydrogens is 380 g/mol. The first kappa shape index (κ1) is 20.5. The number of rotatable bonds is 5. The highest BCUT2D eigenvalue weighted by Gasteiger charge is 2.32. The number of sulfonamides is 1. The summed E-state index contributed by atoms with van der Waals surface area (Å²) in [7, 11) is -3.61. The quantitative estimate of drug-likeness (QED) is 0.817. The number of nitrogens with one attached hydrogen (secondary N) is 1. The van der Waals surface area contributed by atoms with Gasteiger partial charge in [0.15, 0.2) is 5.76 Å². The van der Waals surface area contributed by atoms with Crippen LogP contribution in [0.1, 0.15) is 30.4 Å². The number of benzene rings is 1. The van der Waals surface area contributed by atoms with Gasteiger partial charge in [0.05, 0.1) is 0 Å². The summed E-state index contributed by atoms with van der Waals surface area (Å²) >= 11 is 0. The summed E-state index contributed by atoms with van der Waals surface area (Å²) in [5, 5.41) is 6.53. The molecule has 1 aromatic carbocycles. The van der Waals surface area contributed by atoms with Crippen LogP contribution in [-0.4, -0.2) is 54.9 Å². The van der Waals surface area contributed by atoms with Crippen molar-refractivity contribution in [2.45, 2.75) is 38.6 Å². The van der Waals surface area contributed by atoms with Gasteiger partial charge < -0.3 is 9.84 Å². The summed E-state index contributed by atoms with van der Waals surface area (Å²) in [4.78, 5) is 13.5. The molecule has 1 amide bonds. The SMILES string of the molecule is CC(=O)Nc1ccc(CN2CCCN(S(=O)(=O)c3c(C)noc3C)CC2)cc1. The smallest absolute Gasteiger partial charge is 0.248 e. The average molecular weight is 407 g/mol. The maximum atomic E-state index is 13.0. The van der Waals surface area contributed by atoms with Gasteiger partial charge in [0.25, 0.3) is 0 Å². The van der Waals surface area contributed by atoms with Crippen molar-refractivity contribution >= 4 is 21.6 Å². The Kier molecular flexibility index (Phi) is 6.17. The summed E-state index contributed by atoms with van der Waals surface area (Å²) in [6, 6.07) is 7.72. The molecule has 8 nitrogen and oxygen atoms in total. The predicted octanol–water partition coefficient (Wildman–Crippen LogP) is 2.15. The van der Waals surface area contributed by atoms with Crippen molar-refractivity contribution in [1.29, 1.82) is 0 Å². The van der Waals surface area contributed by atoms with E-state index in [1.807, 2.05) is 24.3 Å². The average Bonchev–Trinajstić information content (AvgIpc) is 2.82. The lowest BCUT2D eigenvalue weighted by Crippen LogP contribution is -2.35. The Balaban J connectivity index is 1.64. The second kappa shape index (κ2) is 8.42. The zero-order valence-electron chi connectivity index (χ0n) is 16.4. The third kappa shape index (κ3) is 4.60. The number of aryl methyl sites for hydroxylation is 2. The molecular formula is C19H26N4O4S. The minimum absolute atomic E-state index is 0.0973. The Morgan fingerprint density at radius 1 is 1.14 bits per heavy atom. The van der Waals surface area contributed by atoms with Gasteiger partial charge >= 0.3 is 0 Å². The maximum Gasteiger partial charge on any atom is 0.248 e. The lowest BCUT2D eigenvalue weighted by atomic mass is 10.2. The first-order chi connectivity index (χ1) is 13.3. The predicted molar refractivity (Wildman–Crippen MR) is 105 cm³/mol. The number of hydrogen-bond acceptors (Lipinski definition) is 6. The summed E-state index contributed by atoms with van der Waals surface area (Å²) in [6.07, 6.45) is 0.757. The zero-order valence-corrected chi connectivity index (χ0v) is 17.3. The van der Waals surface area contributed by atoms with Crippen LogP contribution in [0.25, 0.3) is 0 Å². The minimum atomic E-state index is -3.61. The van der Waals surface area contributed by atoms with E-state index in [0.29, 0.717) is 31.1 Å². The third-order valence-corrected chi connectivity index (χ3v) is 6.94. The van der Waals surface area contributed by atoms with Crippen molar-refractivity contribution in [3.05, 3.63) is 41.3 Å². The van der Waals surface area contributed by atoms with Gasteiger partial charge in [-0.05, 0) is 44.5 Å². The van der Waals surface area contributed by atoms with Gasteiger partial charge in [0.2, 0.25) is 15.9 Å². The highest BCUT2D eigenvalue weighted by molar-refractivity contribution is 7.89. The fourth-order valence-electron chi connectivity index (χ4n) is 3.47. The number of amides is 1. The van der Waals surface area contributed by atoms with E-state index in [-0.39, 0.29) is 10.8 Å². The van der Waals surface area contributed by atoms with Crippen molar-refractivity contribution < 1.29 is 17.7 Å². The number of nitrogens with zero attached hydrogens (tertiary/aromatic N) is 3. The standard InChI is InChI=1S/C19H26N4O4S/c1-14-19(15(2)27-21-14)28(25,26)23-10-4-9-22(11-12-23)13-17-5-7-18(8-6-17)20-16(3)24/h5-8H,4,9-13H2,1-3H3,(H,20,24). The lowest BCUT2D eigenvalue weighted by molar-refractivity contribution is -0.114. The van der Waals surface area contributed by atoms with Crippen LogP contribution in [-0.2, 0) is 21.4 Å². The number of carbonyl (C=O) groups excluding carboxylic acids is 1. The molecule has 1 N–H and O–H groups in total. The molecule has 3 rings (SSSR count). The topological polar surface area (TPSA) is 95.8 Å². The summed E-state index contributed by atoms with van der Waals surface area (Å²) in [6.45, 7) is 7.87. The van der Waals surface area contributed by atoms with Crippen LogP contribution in [0.5, 0.6) is 0 Å². The van der Waals surface area contributed by atoms with Gasteiger partial charge in [0, 0.05) is 38.8 Å². The molecule has 1 aliphatic heterocycles. The van der Waals surface area contributed by atoms with Crippen LogP contribution in [0.15, 0.2) is 33.7 Å². The minimum Gasteiger partial charge on any atom is -0.360 e. The summed E-state index contributed by atoms with van der Waals surface area (Å²) < 4.78 is 32.6. The number of aromatic nitrogens is 1. The van der Waals surface area contributed by atoms with Gasteiger partial charge in [-0.25, -0.2) is 8.42 Å². The molecule has 9 heteroatoms. The zero-order chi connectivity index (χ0) is 20.3. The van der Waals surface area contributed by atoms with E-state index in [4.69, 9.17) is 4.52 Å². The second-order valence-electron chi connectivity index (χ2n) is 7.07. The molecule has 152 valence electrons. The van der Waals surface area contributed by atoms with E-state index in [9.17, 15) is 13.2 Å². The van der Waals surface area contributed by atoms with Gasteiger partial charge in [-0.1, -0.05) is 17.3 Å². The Hall–Kier alpha value is -2.23. The van der Waals surface area contributed by atoms with Crippen molar-refractivity contribution in [1.82, 2.24) is 14.4 Å². The largest absolute Gasteiger partial charge is 0.360 e. The van der Waals surface area contributed by atoms with E-state index in [0.717, 1.165) is 30.8 Å². The monoisotopic (exact) mass is 406 g/mol. The van der Waals surface area contributed by atoms with E-state index < -0.39 is 10.0 Å². The molecule has 0 bridgehead atoms. The first-order valence-corrected chi connectivity index (χ1v) is 10.7. The number of carbonyl (C=O) groups is 1. The molecule has 0 saturated carbocycles. The van der Waals surface area contributed by atoms with E-state index in [1.54, 1.807) is 13.8 Å². The van der Waals surface area contributed by atoms with Gasteiger partial charge in [-0.2, -0.15) is 4.31 Å². The van der Waals surface area contributed by atoms with E-state index in [2.05, 4.69) is 15.4 Å². The molecule has 0 spiro atoms. The van der Waals surface area contributed by atoms with Crippen molar-refractivity contribution in [3.8, 4) is 0 Å². The Labute approximate surface area is 165 Å². The van der Waals surface area contributed by atoms with Crippen LogP contribution in [0.4, 0.5) is 5.69 Å². The molecule has 28 heavy (non-hydrogen) atoms. The maximum absolute atomic E-state index is 13.0. The van der Waals surface area contributed by atoms with E-state index in [1.165, 1.54) is 11.2 Å². The lowest BCUT2D eigenvalue weighted by Gasteiger charge is -2.21. The number of anilines is 1. The molecule has 2 aromatic rings. The molecule has 0 radical (unpaired) electrons. The first-order valence-electron chi connectivity index (χ1n) is 9.29. The molecule has 0 aliphatic carbocycles. The molecule has 1 aliphatic rings. The second-order valence-corrected chi connectivity index (χ2v) is 8.94. The highest BCUT2D eigenvalue weighted by atomic mass is 32.2. The van der Waals surface area contributed by atoms with Crippen LogP contribution >= 0.6 is 0 Å². The summed E-state index contributed by atoms with van der Waals surface area (Å²) in [5.41, 5.74) is 2.29. The Bertz CT molecular complexity index is 918. The van der Waals surface area contributed by atoms with Gasteiger partial charge in [0.1, 0.15) is 10.6 Å². The van der Waals surface area contributed by atoms with E-state index >= 15 is 0 Å². The van der Waals surface area contributed by atoms with Crippen LogP contribution in [0, 0.1) is 13.8 Å². The van der Waals surface area contributed by atoms with Crippen molar-refractivity contribution in [3.63, 3.8) is 0 Å². The molecule has 0 atom stereocenters. The van der Waals surface area contributed by atoms with Crippen molar-refractivity contribution in [2.75, 3.05) is 31.5 Å². The molecule has 1 aromatic heterocycles. The number of hydrogen-bond donors (Lipinski definition) is 1. The molecule has 1 saturated heterocycles. The van der Waals surface area contributed by atoms with Crippen LogP contribution in [0.3, 0.4) is 0 Å². The van der Waals surface area contributed by atoms with Crippen LogP contribution < -0.4 is 5.32 Å². The third-order valence-electron chi connectivity index (χ3n) is 4.79. The van der Waals surface area contributed by atoms with Gasteiger partial charge in [-0.15, -0.1) is 0 Å². The Morgan fingerprint density at radius 3 is 2.46 bits per heavy atom. The fourth-order valence-corrected chi connectivity index (χ4v) is 5.23. The van der Waals surface area contributed by atoms with Gasteiger partial charge in [-0.3, -0.25) is 9.69 Å². The Morgan fingerprint density at radius 2 is 1.86 bits per heavy atom. The molecule has 2 heterocycles.